The highest BCUT2D eigenvalue weighted by Crippen LogP contribution is 2.31. The molecule has 0 aromatic rings. The van der Waals surface area contributed by atoms with Crippen molar-refractivity contribution in [2.24, 2.45) is 11.3 Å². The molecule has 0 radical (unpaired) electrons. The highest BCUT2D eigenvalue weighted by molar-refractivity contribution is 6.22. The van der Waals surface area contributed by atoms with Gasteiger partial charge in [0.1, 0.15) is 12.0 Å². The van der Waals surface area contributed by atoms with Gasteiger partial charge in [-0.15, -0.1) is 11.6 Å². The van der Waals surface area contributed by atoms with E-state index in [1.807, 2.05) is 20.8 Å². The van der Waals surface area contributed by atoms with Crippen molar-refractivity contribution < 1.29 is 18.3 Å². The molecule has 17 heavy (non-hydrogen) atoms. The SMILES string of the molecule is CC(C)(C)C(=O)C1CCC(OC(F)F)NC1Cl. The van der Waals surface area contributed by atoms with Gasteiger partial charge in [-0.3, -0.25) is 10.1 Å². The standard InChI is InChI=1S/C11H18ClF2NO2/c1-11(2,3)8(16)6-4-5-7(15-9(6)12)17-10(13)14/h6-7,9-10,15H,4-5H2,1-3H3. The third-order valence-electron chi connectivity index (χ3n) is 2.78. The number of halogens is 3. The lowest BCUT2D eigenvalue weighted by Crippen LogP contribution is -2.50. The Bertz CT molecular complexity index is 281. The van der Waals surface area contributed by atoms with E-state index in [-0.39, 0.29) is 11.7 Å². The van der Waals surface area contributed by atoms with Gasteiger partial charge in [-0.2, -0.15) is 8.78 Å². The van der Waals surface area contributed by atoms with Crippen LogP contribution in [0.5, 0.6) is 0 Å². The zero-order chi connectivity index (χ0) is 13.2. The summed E-state index contributed by atoms with van der Waals surface area (Å²) in [5.41, 5.74) is -1.13. The maximum Gasteiger partial charge on any atom is 0.346 e. The van der Waals surface area contributed by atoms with Crippen molar-refractivity contribution in [3.8, 4) is 0 Å². The summed E-state index contributed by atoms with van der Waals surface area (Å²) in [4.78, 5) is 12.0. The number of hydrogen-bond acceptors (Lipinski definition) is 3. The summed E-state index contributed by atoms with van der Waals surface area (Å²) in [6.07, 6.45) is 0.0517. The topological polar surface area (TPSA) is 38.3 Å². The molecule has 1 saturated heterocycles. The first-order valence-electron chi connectivity index (χ1n) is 5.60. The summed E-state index contributed by atoms with van der Waals surface area (Å²) in [7, 11) is 0. The van der Waals surface area contributed by atoms with Gasteiger partial charge in [0.2, 0.25) is 0 Å². The van der Waals surface area contributed by atoms with Gasteiger partial charge in [-0.25, -0.2) is 0 Å². The molecule has 0 spiro atoms. The van der Waals surface area contributed by atoms with E-state index in [0.29, 0.717) is 12.8 Å². The van der Waals surface area contributed by atoms with E-state index in [4.69, 9.17) is 11.6 Å². The number of Topliss-reactive ketones (excluding diaryl/α,β-unsaturated/α-hetero) is 1. The Hall–Kier alpha value is -0.260. The monoisotopic (exact) mass is 269 g/mol. The molecule has 0 aromatic carbocycles. The van der Waals surface area contributed by atoms with Crippen LogP contribution < -0.4 is 5.32 Å². The Balaban J connectivity index is 2.56. The average Bonchev–Trinajstić information content (AvgIpc) is 2.14. The minimum Gasteiger partial charge on any atom is -0.304 e. The number of rotatable bonds is 3. The second-order valence-electron chi connectivity index (χ2n) is 5.25. The second kappa shape index (κ2) is 5.59. The minimum absolute atomic E-state index is 0.0421. The van der Waals surface area contributed by atoms with E-state index >= 15 is 0 Å². The molecule has 0 bridgehead atoms. The number of alkyl halides is 3. The molecule has 1 heterocycles. The van der Waals surface area contributed by atoms with Crippen LogP contribution in [0.3, 0.4) is 0 Å². The number of hydrogen-bond donors (Lipinski definition) is 1. The molecule has 1 fully saturated rings. The van der Waals surface area contributed by atoms with Gasteiger partial charge >= 0.3 is 6.61 Å². The number of nitrogens with one attached hydrogen (secondary N) is 1. The Labute approximate surface area is 105 Å². The summed E-state index contributed by atoms with van der Waals surface area (Å²) < 4.78 is 28.4. The highest BCUT2D eigenvalue weighted by Gasteiger charge is 2.38. The Morgan fingerprint density at radius 1 is 1.41 bits per heavy atom. The number of ketones is 1. The van der Waals surface area contributed by atoms with Crippen LogP contribution in [0.2, 0.25) is 0 Å². The second-order valence-corrected chi connectivity index (χ2v) is 5.72. The predicted molar refractivity (Wildman–Crippen MR) is 60.8 cm³/mol. The number of ether oxygens (including phenoxy) is 1. The number of piperidine rings is 1. The van der Waals surface area contributed by atoms with E-state index in [9.17, 15) is 13.6 Å². The first-order valence-corrected chi connectivity index (χ1v) is 6.03. The fraction of sp³-hybridized carbons (Fsp3) is 0.909. The first-order chi connectivity index (χ1) is 7.71. The molecule has 3 atom stereocenters. The molecule has 1 aliphatic rings. The van der Waals surface area contributed by atoms with Gasteiger partial charge < -0.3 is 4.74 Å². The fourth-order valence-corrected chi connectivity index (χ4v) is 2.29. The van der Waals surface area contributed by atoms with Crippen LogP contribution in [0.25, 0.3) is 0 Å². The zero-order valence-corrected chi connectivity index (χ0v) is 10.9. The van der Waals surface area contributed by atoms with Gasteiger partial charge in [0.15, 0.2) is 0 Å². The quantitative estimate of drug-likeness (QED) is 0.632. The molecule has 1 rings (SSSR count). The van der Waals surface area contributed by atoms with Gasteiger partial charge in [0.05, 0.1) is 5.50 Å². The summed E-state index contributed by atoms with van der Waals surface area (Å²) in [6, 6.07) is 0. The van der Waals surface area contributed by atoms with Crippen molar-refractivity contribution in [3.63, 3.8) is 0 Å². The van der Waals surface area contributed by atoms with Crippen LogP contribution in [-0.2, 0) is 9.53 Å². The van der Waals surface area contributed by atoms with Gasteiger partial charge in [0, 0.05) is 11.3 Å². The molecule has 0 saturated carbocycles. The van der Waals surface area contributed by atoms with Crippen LogP contribution in [0.15, 0.2) is 0 Å². The van der Waals surface area contributed by atoms with E-state index < -0.39 is 23.8 Å². The van der Waals surface area contributed by atoms with Crippen molar-refractivity contribution in [1.29, 1.82) is 0 Å². The molecule has 0 aromatic heterocycles. The van der Waals surface area contributed by atoms with Gasteiger partial charge in [-0.1, -0.05) is 20.8 Å². The maximum absolute atomic E-state index is 12.0. The third kappa shape index (κ3) is 4.16. The Morgan fingerprint density at radius 3 is 2.41 bits per heavy atom. The van der Waals surface area contributed by atoms with Crippen molar-refractivity contribution in [2.45, 2.75) is 52.0 Å². The normalized spacial score (nSPS) is 30.6. The van der Waals surface area contributed by atoms with Crippen molar-refractivity contribution in [3.05, 3.63) is 0 Å². The van der Waals surface area contributed by atoms with Crippen LogP contribution in [0.1, 0.15) is 33.6 Å². The van der Waals surface area contributed by atoms with E-state index in [2.05, 4.69) is 10.1 Å². The van der Waals surface area contributed by atoms with Crippen LogP contribution >= 0.6 is 11.6 Å². The molecular formula is C11H18ClF2NO2. The van der Waals surface area contributed by atoms with Crippen LogP contribution in [0.4, 0.5) is 8.78 Å². The van der Waals surface area contributed by atoms with Crippen LogP contribution in [-0.4, -0.2) is 24.1 Å². The predicted octanol–water partition coefficient (Wildman–Crippen LogP) is 2.73. The van der Waals surface area contributed by atoms with E-state index in [1.165, 1.54) is 0 Å². The van der Waals surface area contributed by atoms with Crippen molar-refractivity contribution >= 4 is 17.4 Å². The largest absolute Gasteiger partial charge is 0.346 e. The number of carbonyl (C=O) groups excluding carboxylic acids is 1. The van der Waals surface area contributed by atoms with E-state index in [1.54, 1.807) is 0 Å². The molecule has 100 valence electrons. The Morgan fingerprint density at radius 2 is 2.00 bits per heavy atom. The lowest BCUT2D eigenvalue weighted by Gasteiger charge is -2.35. The zero-order valence-electron chi connectivity index (χ0n) is 10.2. The molecular weight excluding hydrogens is 252 g/mol. The van der Waals surface area contributed by atoms with Crippen LogP contribution in [0, 0.1) is 11.3 Å². The first kappa shape index (κ1) is 14.8. The maximum atomic E-state index is 12.0. The fourth-order valence-electron chi connectivity index (χ4n) is 1.91. The minimum atomic E-state index is -2.83. The summed E-state index contributed by atoms with van der Waals surface area (Å²) in [5.74, 6) is -0.310. The van der Waals surface area contributed by atoms with Gasteiger partial charge in [0.25, 0.3) is 0 Å². The van der Waals surface area contributed by atoms with E-state index in [0.717, 1.165) is 0 Å². The molecule has 3 unspecified atom stereocenters. The molecule has 0 aliphatic carbocycles. The third-order valence-corrected chi connectivity index (χ3v) is 3.21. The highest BCUT2D eigenvalue weighted by atomic mass is 35.5. The molecule has 6 heteroatoms. The molecule has 1 aliphatic heterocycles. The van der Waals surface area contributed by atoms with Crippen molar-refractivity contribution in [2.75, 3.05) is 0 Å². The summed E-state index contributed by atoms with van der Waals surface area (Å²) in [5, 5.41) is 2.69. The summed E-state index contributed by atoms with van der Waals surface area (Å²) >= 11 is 6.00. The Kier molecular flexibility index (Phi) is 4.86. The average molecular weight is 270 g/mol. The lowest BCUT2D eigenvalue weighted by atomic mass is 9.79. The summed E-state index contributed by atoms with van der Waals surface area (Å²) in [6.45, 7) is 2.63. The van der Waals surface area contributed by atoms with Crippen molar-refractivity contribution in [1.82, 2.24) is 5.32 Å². The lowest BCUT2D eigenvalue weighted by molar-refractivity contribution is -0.180. The van der Waals surface area contributed by atoms with Gasteiger partial charge in [-0.05, 0) is 12.8 Å². The smallest absolute Gasteiger partial charge is 0.304 e. The molecule has 3 nitrogen and oxygen atoms in total. The molecule has 0 amide bonds. The molecule has 1 N–H and O–H groups in total. The number of carbonyl (C=O) groups is 1.